The normalized spacial score (nSPS) is 11.4. The summed E-state index contributed by atoms with van der Waals surface area (Å²) in [6, 6.07) is 11.1. The molecule has 1 heterocycles. The number of nitrogens with zero attached hydrogens (tertiary/aromatic N) is 3. The Morgan fingerprint density at radius 1 is 1.32 bits per heavy atom. The Hall–Kier alpha value is -2.08. The molecule has 0 bridgehead atoms. The Balaban J connectivity index is 2.51. The maximum atomic E-state index is 8.84. The number of rotatable bonds is 3. The van der Waals surface area contributed by atoms with Crippen LogP contribution in [0.3, 0.4) is 0 Å². The highest BCUT2D eigenvalue weighted by atomic mass is 79.9. The van der Waals surface area contributed by atoms with E-state index >= 15 is 0 Å². The summed E-state index contributed by atoms with van der Waals surface area (Å²) in [5.74, 6) is 0.815. The van der Waals surface area contributed by atoms with Gasteiger partial charge in [-0.1, -0.05) is 17.3 Å². The smallest absolute Gasteiger partial charge is 0.172 e. The summed E-state index contributed by atoms with van der Waals surface area (Å²) >= 11 is 3.46. The van der Waals surface area contributed by atoms with Gasteiger partial charge in [0.25, 0.3) is 0 Å². The molecule has 1 aromatic carbocycles. The van der Waals surface area contributed by atoms with E-state index in [0.29, 0.717) is 5.56 Å². The largest absolute Gasteiger partial charge is 0.409 e. The van der Waals surface area contributed by atoms with E-state index in [0.717, 1.165) is 16.0 Å². The molecular formula is C13H13BrN4O. The minimum absolute atomic E-state index is 0.0644. The maximum absolute atomic E-state index is 8.84. The molecule has 0 saturated heterocycles. The second kappa shape index (κ2) is 5.71. The van der Waals surface area contributed by atoms with Gasteiger partial charge in [-0.2, -0.15) is 0 Å². The third kappa shape index (κ3) is 2.68. The molecule has 0 atom stereocenters. The van der Waals surface area contributed by atoms with Gasteiger partial charge in [-0.25, -0.2) is 4.98 Å². The van der Waals surface area contributed by atoms with Gasteiger partial charge in [-0.15, -0.1) is 0 Å². The number of halogens is 1. The Bertz CT molecular complexity index is 615. The van der Waals surface area contributed by atoms with E-state index in [1.165, 1.54) is 0 Å². The van der Waals surface area contributed by atoms with Crippen LogP contribution in [0.4, 0.5) is 11.5 Å². The van der Waals surface area contributed by atoms with Gasteiger partial charge in [0.1, 0.15) is 5.82 Å². The molecule has 0 aliphatic carbocycles. The van der Waals surface area contributed by atoms with Crippen molar-refractivity contribution in [3.63, 3.8) is 0 Å². The summed E-state index contributed by atoms with van der Waals surface area (Å²) in [5, 5.41) is 11.9. The van der Waals surface area contributed by atoms with Crippen LogP contribution in [0.15, 0.2) is 52.2 Å². The Morgan fingerprint density at radius 2 is 2.05 bits per heavy atom. The summed E-state index contributed by atoms with van der Waals surface area (Å²) in [7, 11) is 1.87. The van der Waals surface area contributed by atoms with E-state index in [-0.39, 0.29) is 5.84 Å². The predicted octanol–water partition coefficient (Wildman–Crippen LogP) is 2.71. The molecule has 0 fully saturated rings. The van der Waals surface area contributed by atoms with Crippen LogP contribution < -0.4 is 10.6 Å². The number of nitrogens with two attached hydrogens (primary N) is 1. The number of hydrogen-bond acceptors (Lipinski definition) is 4. The molecule has 0 unspecified atom stereocenters. The van der Waals surface area contributed by atoms with Gasteiger partial charge in [0, 0.05) is 18.8 Å². The van der Waals surface area contributed by atoms with Crippen molar-refractivity contribution in [2.75, 3.05) is 11.9 Å². The molecule has 2 rings (SSSR count). The van der Waals surface area contributed by atoms with Crippen LogP contribution >= 0.6 is 15.9 Å². The number of pyridine rings is 1. The molecule has 5 nitrogen and oxygen atoms in total. The van der Waals surface area contributed by atoms with Gasteiger partial charge in [-0.05, 0) is 40.2 Å². The number of hydrogen-bond donors (Lipinski definition) is 2. The molecule has 3 N–H and O–H groups in total. The summed E-state index contributed by atoms with van der Waals surface area (Å²) in [6.45, 7) is 0. The first kappa shape index (κ1) is 13.4. The zero-order valence-electron chi connectivity index (χ0n) is 10.3. The van der Waals surface area contributed by atoms with E-state index < -0.39 is 0 Å². The van der Waals surface area contributed by atoms with E-state index in [9.17, 15) is 0 Å². The molecule has 0 radical (unpaired) electrons. The summed E-state index contributed by atoms with van der Waals surface area (Å²) in [5.41, 5.74) is 7.14. The van der Waals surface area contributed by atoms with Gasteiger partial charge < -0.3 is 15.8 Å². The van der Waals surface area contributed by atoms with Crippen molar-refractivity contribution in [1.29, 1.82) is 0 Å². The SMILES string of the molecule is CN(c1ccccc1C(N)=NO)c1ncccc1Br. The van der Waals surface area contributed by atoms with Crippen LogP contribution in [0.5, 0.6) is 0 Å². The number of benzene rings is 1. The highest BCUT2D eigenvalue weighted by Gasteiger charge is 2.14. The number of amidine groups is 1. The fraction of sp³-hybridized carbons (Fsp3) is 0.0769. The average Bonchev–Trinajstić information content (AvgIpc) is 2.46. The lowest BCUT2D eigenvalue weighted by atomic mass is 10.1. The molecule has 98 valence electrons. The first-order valence-electron chi connectivity index (χ1n) is 5.56. The zero-order valence-corrected chi connectivity index (χ0v) is 11.9. The fourth-order valence-electron chi connectivity index (χ4n) is 1.77. The topological polar surface area (TPSA) is 74.7 Å². The Morgan fingerprint density at radius 3 is 2.74 bits per heavy atom. The van der Waals surface area contributed by atoms with Gasteiger partial charge in [0.2, 0.25) is 0 Å². The van der Waals surface area contributed by atoms with Crippen LogP contribution in [0, 0.1) is 0 Å². The molecule has 0 aliphatic heterocycles. The van der Waals surface area contributed by atoms with Gasteiger partial charge in [0.15, 0.2) is 5.84 Å². The third-order valence-corrected chi connectivity index (χ3v) is 3.32. The van der Waals surface area contributed by atoms with Crippen LogP contribution in [0.1, 0.15) is 5.56 Å². The van der Waals surface area contributed by atoms with E-state index in [1.54, 1.807) is 12.3 Å². The van der Waals surface area contributed by atoms with Crippen molar-refractivity contribution >= 4 is 33.3 Å². The lowest BCUT2D eigenvalue weighted by Crippen LogP contribution is -2.20. The number of aromatic nitrogens is 1. The van der Waals surface area contributed by atoms with E-state index in [4.69, 9.17) is 10.9 Å². The van der Waals surface area contributed by atoms with Gasteiger partial charge in [-0.3, -0.25) is 0 Å². The van der Waals surface area contributed by atoms with Crippen molar-refractivity contribution in [3.05, 3.63) is 52.6 Å². The quantitative estimate of drug-likeness (QED) is 0.394. The Labute approximate surface area is 119 Å². The molecule has 0 spiro atoms. The molecule has 19 heavy (non-hydrogen) atoms. The van der Waals surface area contributed by atoms with E-state index in [1.807, 2.05) is 42.3 Å². The second-order valence-electron chi connectivity index (χ2n) is 3.87. The van der Waals surface area contributed by atoms with Crippen LogP contribution in [0.2, 0.25) is 0 Å². The first-order valence-corrected chi connectivity index (χ1v) is 6.35. The number of oxime groups is 1. The lowest BCUT2D eigenvalue weighted by Gasteiger charge is -2.22. The predicted molar refractivity (Wildman–Crippen MR) is 79.0 cm³/mol. The zero-order chi connectivity index (χ0) is 13.8. The lowest BCUT2D eigenvalue weighted by molar-refractivity contribution is 0.318. The number of anilines is 2. The summed E-state index contributed by atoms with van der Waals surface area (Å²) in [6.07, 6.45) is 1.71. The molecule has 0 aliphatic rings. The van der Waals surface area contributed by atoms with E-state index in [2.05, 4.69) is 26.1 Å². The molecule has 1 aromatic heterocycles. The highest BCUT2D eigenvalue weighted by molar-refractivity contribution is 9.10. The van der Waals surface area contributed by atoms with Crippen molar-refractivity contribution in [1.82, 2.24) is 4.98 Å². The average molecular weight is 321 g/mol. The number of para-hydroxylation sites is 1. The van der Waals surface area contributed by atoms with Crippen molar-refractivity contribution in [2.24, 2.45) is 10.9 Å². The van der Waals surface area contributed by atoms with Gasteiger partial charge in [0.05, 0.1) is 10.2 Å². The molecule has 6 heteroatoms. The standard InChI is InChI=1S/C13H13BrN4O/c1-18(13-10(14)6-4-8-16-13)11-7-3-2-5-9(11)12(15)17-19/h2-8,19H,1H3,(H2,15,17). The third-order valence-electron chi connectivity index (χ3n) is 2.71. The van der Waals surface area contributed by atoms with Crippen LogP contribution in [-0.2, 0) is 0 Å². The second-order valence-corrected chi connectivity index (χ2v) is 4.72. The highest BCUT2D eigenvalue weighted by Crippen LogP contribution is 2.30. The van der Waals surface area contributed by atoms with Crippen molar-refractivity contribution in [2.45, 2.75) is 0 Å². The molecule has 0 amide bonds. The van der Waals surface area contributed by atoms with Crippen LogP contribution in [0.25, 0.3) is 0 Å². The minimum Gasteiger partial charge on any atom is -0.409 e. The molecule has 0 saturated carbocycles. The fourth-order valence-corrected chi connectivity index (χ4v) is 2.30. The maximum Gasteiger partial charge on any atom is 0.172 e. The van der Waals surface area contributed by atoms with Gasteiger partial charge >= 0.3 is 0 Å². The molecule has 2 aromatic rings. The van der Waals surface area contributed by atoms with Crippen molar-refractivity contribution < 1.29 is 5.21 Å². The minimum atomic E-state index is 0.0644. The van der Waals surface area contributed by atoms with Crippen molar-refractivity contribution in [3.8, 4) is 0 Å². The first-order chi connectivity index (χ1) is 9.15. The Kier molecular flexibility index (Phi) is 4.01. The summed E-state index contributed by atoms with van der Waals surface area (Å²) in [4.78, 5) is 6.19. The molecular weight excluding hydrogens is 308 g/mol. The summed E-state index contributed by atoms with van der Waals surface area (Å²) < 4.78 is 0.867. The monoisotopic (exact) mass is 320 g/mol. The van der Waals surface area contributed by atoms with Crippen LogP contribution in [-0.4, -0.2) is 23.1 Å².